The van der Waals surface area contributed by atoms with Crippen molar-refractivity contribution in [1.82, 2.24) is 10.7 Å². The molecule has 0 saturated heterocycles. The molecule has 0 atom stereocenters. The Balaban J connectivity index is 2.58. The minimum Gasteiger partial charge on any atom is -0.344 e. The normalized spacial score (nSPS) is 9.69. The van der Waals surface area contributed by atoms with Gasteiger partial charge < -0.3 is 5.32 Å². The molecule has 0 aliphatic heterocycles. The Kier molecular flexibility index (Phi) is 3.96. The van der Waals surface area contributed by atoms with E-state index in [0.29, 0.717) is 11.1 Å². The summed E-state index contributed by atoms with van der Waals surface area (Å²) < 4.78 is 12.9. The van der Waals surface area contributed by atoms with Gasteiger partial charge in [0.25, 0.3) is 0 Å². The molecule has 0 aliphatic rings. The standard InChI is InChI=1S/C10H12FN3O2/c1-6-4-7(2-3-8(6)11)5-13-9(15)10(16)14-12/h2-4H,5,12H2,1H3,(H,13,15)(H,14,16). The zero-order valence-electron chi connectivity index (χ0n) is 8.71. The molecular formula is C10H12FN3O2. The molecule has 1 rings (SSSR count). The monoisotopic (exact) mass is 225 g/mol. The Morgan fingerprint density at radius 3 is 2.62 bits per heavy atom. The first-order chi connectivity index (χ1) is 7.54. The fourth-order valence-corrected chi connectivity index (χ4v) is 1.14. The van der Waals surface area contributed by atoms with Gasteiger partial charge in [-0.2, -0.15) is 0 Å². The number of nitrogens with two attached hydrogens (primary N) is 1. The second-order valence-corrected chi connectivity index (χ2v) is 3.24. The van der Waals surface area contributed by atoms with Gasteiger partial charge >= 0.3 is 11.8 Å². The SMILES string of the molecule is Cc1cc(CNC(=O)C(=O)NN)ccc1F. The zero-order chi connectivity index (χ0) is 12.1. The lowest BCUT2D eigenvalue weighted by Crippen LogP contribution is -2.42. The van der Waals surface area contributed by atoms with Crippen molar-refractivity contribution in [2.45, 2.75) is 13.5 Å². The number of hydrazine groups is 1. The lowest BCUT2D eigenvalue weighted by molar-refractivity contribution is -0.139. The number of carbonyl (C=O) groups is 2. The molecule has 0 heterocycles. The fraction of sp³-hybridized carbons (Fsp3) is 0.200. The number of halogens is 1. The predicted octanol–water partition coefficient (Wildman–Crippen LogP) is -0.260. The highest BCUT2D eigenvalue weighted by atomic mass is 19.1. The molecule has 16 heavy (non-hydrogen) atoms. The number of nitrogens with one attached hydrogen (secondary N) is 2. The van der Waals surface area contributed by atoms with Crippen LogP contribution in [-0.4, -0.2) is 11.8 Å². The van der Waals surface area contributed by atoms with E-state index in [-0.39, 0.29) is 12.4 Å². The van der Waals surface area contributed by atoms with Crippen LogP contribution in [0.2, 0.25) is 0 Å². The van der Waals surface area contributed by atoms with Crippen molar-refractivity contribution in [3.8, 4) is 0 Å². The van der Waals surface area contributed by atoms with Crippen LogP contribution in [0.25, 0.3) is 0 Å². The number of carbonyl (C=O) groups excluding carboxylic acids is 2. The molecule has 86 valence electrons. The van der Waals surface area contributed by atoms with Crippen molar-refractivity contribution in [3.05, 3.63) is 35.1 Å². The molecular weight excluding hydrogens is 213 g/mol. The molecule has 0 aromatic heterocycles. The van der Waals surface area contributed by atoms with Crippen LogP contribution in [0.5, 0.6) is 0 Å². The van der Waals surface area contributed by atoms with Crippen LogP contribution in [0.3, 0.4) is 0 Å². The van der Waals surface area contributed by atoms with Crippen LogP contribution in [0.4, 0.5) is 4.39 Å². The van der Waals surface area contributed by atoms with Crippen molar-refractivity contribution in [2.24, 2.45) is 5.84 Å². The molecule has 0 unspecified atom stereocenters. The summed E-state index contributed by atoms with van der Waals surface area (Å²) in [5, 5.41) is 2.34. The largest absolute Gasteiger partial charge is 0.344 e. The number of rotatable bonds is 2. The van der Waals surface area contributed by atoms with Gasteiger partial charge in [0.2, 0.25) is 0 Å². The minimum absolute atomic E-state index is 0.146. The molecule has 5 nitrogen and oxygen atoms in total. The number of hydrogen-bond donors (Lipinski definition) is 3. The van der Waals surface area contributed by atoms with E-state index in [0.717, 1.165) is 0 Å². The molecule has 2 amide bonds. The van der Waals surface area contributed by atoms with E-state index in [1.54, 1.807) is 18.4 Å². The maximum absolute atomic E-state index is 12.9. The molecule has 0 bridgehead atoms. The van der Waals surface area contributed by atoms with Crippen LogP contribution >= 0.6 is 0 Å². The van der Waals surface area contributed by atoms with E-state index >= 15 is 0 Å². The number of amides is 2. The molecule has 6 heteroatoms. The van der Waals surface area contributed by atoms with E-state index in [1.807, 2.05) is 0 Å². The Labute approximate surface area is 91.8 Å². The Bertz CT molecular complexity index is 421. The highest BCUT2D eigenvalue weighted by Gasteiger charge is 2.10. The average Bonchev–Trinajstić information content (AvgIpc) is 2.29. The number of benzene rings is 1. The molecule has 0 spiro atoms. The van der Waals surface area contributed by atoms with E-state index in [2.05, 4.69) is 5.32 Å². The molecule has 0 saturated carbocycles. The summed E-state index contributed by atoms with van der Waals surface area (Å²) in [5.74, 6) is 2.72. The van der Waals surface area contributed by atoms with Gasteiger partial charge in [0.1, 0.15) is 5.82 Å². The summed E-state index contributed by atoms with van der Waals surface area (Å²) >= 11 is 0. The smallest absolute Gasteiger partial charge is 0.323 e. The van der Waals surface area contributed by atoms with Gasteiger partial charge in [0, 0.05) is 6.54 Å². The first-order valence-corrected chi connectivity index (χ1v) is 4.58. The van der Waals surface area contributed by atoms with Gasteiger partial charge in [-0.15, -0.1) is 0 Å². The van der Waals surface area contributed by atoms with Gasteiger partial charge in [-0.05, 0) is 24.1 Å². The van der Waals surface area contributed by atoms with Gasteiger partial charge in [0.05, 0.1) is 0 Å². The second-order valence-electron chi connectivity index (χ2n) is 3.24. The van der Waals surface area contributed by atoms with Gasteiger partial charge in [-0.1, -0.05) is 12.1 Å². The van der Waals surface area contributed by atoms with Crippen molar-refractivity contribution >= 4 is 11.8 Å². The van der Waals surface area contributed by atoms with Gasteiger partial charge in [-0.25, -0.2) is 10.2 Å². The summed E-state index contributed by atoms with van der Waals surface area (Å²) in [4.78, 5) is 21.8. The lowest BCUT2D eigenvalue weighted by atomic mass is 10.1. The quantitative estimate of drug-likeness (QED) is 0.280. The first kappa shape index (κ1) is 12.1. The molecule has 1 aromatic rings. The summed E-state index contributed by atoms with van der Waals surface area (Å²) in [6, 6.07) is 4.43. The van der Waals surface area contributed by atoms with E-state index in [4.69, 9.17) is 5.84 Å². The van der Waals surface area contributed by atoms with E-state index in [9.17, 15) is 14.0 Å². The molecule has 4 N–H and O–H groups in total. The van der Waals surface area contributed by atoms with Crippen molar-refractivity contribution in [2.75, 3.05) is 0 Å². The van der Waals surface area contributed by atoms with Crippen LogP contribution in [-0.2, 0) is 16.1 Å². The third-order valence-electron chi connectivity index (χ3n) is 2.01. The summed E-state index contributed by atoms with van der Waals surface area (Å²) in [7, 11) is 0. The lowest BCUT2D eigenvalue weighted by Gasteiger charge is -2.05. The third-order valence-corrected chi connectivity index (χ3v) is 2.01. The fourth-order valence-electron chi connectivity index (χ4n) is 1.14. The Hall–Kier alpha value is -1.95. The minimum atomic E-state index is -0.918. The predicted molar refractivity (Wildman–Crippen MR) is 55.3 cm³/mol. The Morgan fingerprint density at radius 1 is 1.38 bits per heavy atom. The summed E-state index contributed by atoms with van der Waals surface area (Å²) in [5.41, 5.74) is 2.90. The molecule has 0 radical (unpaired) electrons. The number of aryl methyl sites for hydroxylation is 1. The van der Waals surface area contributed by atoms with Gasteiger partial charge in [0.15, 0.2) is 0 Å². The zero-order valence-corrected chi connectivity index (χ0v) is 8.71. The second kappa shape index (κ2) is 5.22. The highest BCUT2D eigenvalue weighted by Crippen LogP contribution is 2.08. The van der Waals surface area contributed by atoms with Crippen LogP contribution in [0.1, 0.15) is 11.1 Å². The van der Waals surface area contributed by atoms with Crippen LogP contribution in [0.15, 0.2) is 18.2 Å². The molecule has 1 aromatic carbocycles. The van der Waals surface area contributed by atoms with E-state index in [1.165, 1.54) is 12.1 Å². The van der Waals surface area contributed by atoms with Crippen molar-refractivity contribution in [3.63, 3.8) is 0 Å². The third kappa shape index (κ3) is 3.03. The average molecular weight is 225 g/mol. The van der Waals surface area contributed by atoms with E-state index < -0.39 is 11.8 Å². The van der Waals surface area contributed by atoms with Gasteiger partial charge in [-0.3, -0.25) is 15.0 Å². The van der Waals surface area contributed by atoms with Crippen LogP contribution in [0, 0.1) is 12.7 Å². The molecule has 0 aliphatic carbocycles. The van der Waals surface area contributed by atoms with Crippen LogP contribution < -0.4 is 16.6 Å². The summed E-state index contributed by atoms with van der Waals surface area (Å²) in [6.07, 6.45) is 0. The summed E-state index contributed by atoms with van der Waals surface area (Å²) in [6.45, 7) is 1.76. The number of hydrogen-bond acceptors (Lipinski definition) is 3. The first-order valence-electron chi connectivity index (χ1n) is 4.58. The molecule has 0 fully saturated rings. The van der Waals surface area contributed by atoms with Crippen molar-refractivity contribution in [1.29, 1.82) is 0 Å². The Morgan fingerprint density at radius 2 is 2.06 bits per heavy atom. The highest BCUT2D eigenvalue weighted by molar-refractivity contribution is 6.34. The maximum atomic E-state index is 12.9. The topological polar surface area (TPSA) is 84.2 Å². The van der Waals surface area contributed by atoms with Crippen molar-refractivity contribution < 1.29 is 14.0 Å². The maximum Gasteiger partial charge on any atom is 0.323 e.